The molecule has 4 amide bonds. The van der Waals surface area contributed by atoms with E-state index in [0.29, 0.717) is 21.5 Å². The van der Waals surface area contributed by atoms with E-state index >= 15 is 0 Å². The van der Waals surface area contributed by atoms with Crippen molar-refractivity contribution in [2.75, 3.05) is 18.1 Å². The molecule has 9 heteroatoms. The maximum atomic E-state index is 13.0. The molecular formula is C23H21BrN2O6. The second-order valence-corrected chi connectivity index (χ2v) is 7.62. The summed E-state index contributed by atoms with van der Waals surface area (Å²) in [6, 6.07) is 11.0. The van der Waals surface area contributed by atoms with Crippen molar-refractivity contribution < 1.29 is 28.7 Å². The molecule has 1 N–H and O–H groups in total. The molecule has 1 aliphatic rings. The number of anilines is 1. The number of ether oxygens (including phenoxy) is 2. The fourth-order valence-corrected chi connectivity index (χ4v) is 3.51. The average molecular weight is 501 g/mol. The number of nitrogens with one attached hydrogen (secondary N) is 1. The first-order chi connectivity index (χ1) is 15.3. The number of barbiturate groups is 1. The van der Waals surface area contributed by atoms with Crippen molar-refractivity contribution in [3.63, 3.8) is 0 Å². The van der Waals surface area contributed by atoms with Gasteiger partial charge in [-0.15, -0.1) is 0 Å². The van der Waals surface area contributed by atoms with Crippen molar-refractivity contribution in [1.29, 1.82) is 0 Å². The van der Waals surface area contributed by atoms with E-state index in [1.54, 1.807) is 37.3 Å². The highest BCUT2D eigenvalue weighted by atomic mass is 79.9. The highest BCUT2D eigenvalue weighted by Crippen LogP contribution is 2.28. The van der Waals surface area contributed by atoms with E-state index in [2.05, 4.69) is 21.2 Å². The van der Waals surface area contributed by atoms with Crippen LogP contribution in [0.5, 0.6) is 5.75 Å². The molecule has 2 aromatic rings. The van der Waals surface area contributed by atoms with Gasteiger partial charge < -0.3 is 9.47 Å². The van der Waals surface area contributed by atoms with E-state index in [1.807, 2.05) is 19.1 Å². The van der Waals surface area contributed by atoms with E-state index in [1.165, 1.54) is 6.08 Å². The first kappa shape index (κ1) is 23.2. The largest absolute Gasteiger partial charge is 0.481 e. The standard InChI is InChI=1S/C23H21BrN2O6/c1-3-14-5-8-16(9-6-14)26-22(29)17(21(28)25-23(26)30)11-15-7-10-19(18(24)12-15)32-13-20(27)31-4-2/h5-12H,3-4,13H2,1-2H3,(H,25,28,30)/b17-11-. The van der Waals surface area contributed by atoms with Crippen molar-refractivity contribution in [2.45, 2.75) is 20.3 Å². The van der Waals surface area contributed by atoms with Gasteiger partial charge in [0.05, 0.1) is 16.8 Å². The van der Waals surface area contributed by atoms with Crippen LogP contribution in [0.1, 0.15) is 25.0 Å². The van der Waals surface area contributed by atoms with Gasteiger partial charge >= 0.3 is 12.0 Å². The van der Waals surface area contributed by atoms with Gasteiger partial charge in [-0.3, -0.25) is 14.9 Å². The Hall–Kier alpha value is -3.46. The minimum Gasteiger partial charge on any atom is -0.481 e. The summed E-state index contributed by atoms with van der Waals surface area (Å²) in [7, 11) is 0. The minimum absolute atomic E-state index is 0.184. The maximum absolute atomic E-state index is 13.0. The summed E-state index contributed by atoms with van der Waals surface area (Å²) in [4.78, 5) is 50.0. The lowest BCUT2D eigenvalue weighted by atomic mass is 10.1. The molecule has 0 atom stereocenters. The summed E-state index contributed by atoms with van der Waals surface area (Å²) >= 11 is 3.35. The Morgan fingerprint density at radius 1 is 1.09 bits per heavy atom. The number of carbonyl (C=O) groups excluding carboxylic acids is 4. The number of urea groups is 1. The second kappa shape index (κ2) is 10.2. The molecule has 0 saturated carbocycles. The molecule has 1 aliphatic heterocycles. The number of benzene rings is 2. The SMILES string of the molecule is CCOC(=O)COc1ccc(/C=C2/C(=O)NC(=O)N(c3ccc(CC)cc3)C2=O)cc1Br. The van der Waals surface area contributed by atoms with Gasteiger partial charge in [0.15, 0.2) is 6.61 Å². The molecule has 0 radical (unpaired) electrons. The molecule has 0 bridgehead atoms. The molecule has 1 fully saturated rings. The number of aryl methyl sites for hydroxylation is 1. The Kier molecular flexibility index (Phi) is 7.42. The predicted octanol–water partition coefficient (Wildman–Crippen LogP) is 3.62. The van der Waals surface area contributed by atoms with Gasteiger partial charge in [-0.1, -0.05) is 25.1 Å². The molecule has 0 aliphatic carbocycles. The van der Waals surface area contributed by atoms with Crippen LogP contribution in [0.15, 0.2) is 52.5 Å². The summed E-state index contributed by atoms with van der Waals surface area (Å²) in [6.07, 6.45) is 2.20. The summed E-state index contributed by atoms with van der Waals surface area (Å²) < 4.78 is 10.7. The van der Waals surface area contributed by atoms with Gasteiger partial charge in [0, 0.05) is 0 Å². The maximum Gasteiger partial charge on any atom is 0.344 e. The molecule has 0 spiro atoms. The number of amides is 4. The molecule has 1 heterocycles. The first-order valence-electron chi connectivity index (χ1n) is 9.92. The van der Waals surface area contributed by atoms with Crippen molar-refractivity contribution >= 4 is 51.5 Å². The van der Waals surface area contributed by atoms with Crippen LogP contribution in [0.4, 0.5) is 10.5 Å². The fourth-order valence-electron chi connectivity index (χ4n) is 3.00. The van der Waals surface area contributed by atoms with Crippen LogP contribution in [-0.4, -0.2) is 37.0 Å². The third-order valence-electron chi connectivity index (χ3n) is 4.62. The molecule has 166 valence electrons. The molecule has 32 heavy (non-hydrogen) atoms. The first-order valence-corrected chi connectivity index (χ1v) is 10.7. The van der Waals surface area contributed by atoms with Crippen LogP contribution in [-0.2, 0) is 25.5 Å². The van der Waals surface area contributed by atoms with Gasteiger partial charge in [0.1, 0.15) is 11.3 Å². The molecule has 0 aromatic heterocycles. The van der Waals surface area contributed by atoms with E-state index < -0.39 is 23.8 Å². The monoisotopic (exact) mass is 500 g/mol. The van der Waals surface area contributed by atoms with Crippen LogP contribution in [0, 0.1) is 0 Å². The number of imide groups is 2. The van der Waals surface area contributed by atoms with Crippen LogP contribution in [0.2, 0.25) is 0 Å². The highest BCUT2D eigenvalue weighted by molar-refractivity contribution is 9.10. The van der Waals surface area contributed by atoms with E-state index in [-0.39, 0.29) is 18.8 Å². The number of carbonyl (C=O) groups is 4. The van der Waals surface area contributed by atoms with Crippen molar-refractivity contribution in [2.24, 2.45) is 0 Å². The molecule has 2 aromatic carbocycles. The summed E-state index contributed by atoms with van der Waals surface area (Å²) in [5.41, 5.74) is 1.76. The van der Waals surface area contributed by atoms with E-state index in [4.69, 9.17) is 9.47 Å². The molecule has 1 saturated heterocycles. The Balaban J connectivity index is 1.83. The lowest BCUT2D eigenvalue weighted by molar-refractivity contribution is -0.145. The van der Waals surface area contributed by atoms with Crippen LogP contribution in [0.3, 0.4) is 0 Å². The minimum atomic E-state index is -0.801. The van der Waals surface area contributed by atoms with Crippen molar-refractivity contribution in [3.8, 4) is 5.75 Å². The lowest BCUT2D eigenvalue weighted by Crippen LogP contribution is -2.54. The molecule has 3 rings (SSSR count). The van der Waals surface area contributed by atoms with Gasteiger partial charge in [-0.25, -0.2) is 14.5 Å². The van der Waals surface area contributed by atoms with Crippen LogP contribution < -0.4 is 15.0 Å². The number of rotatable bonds is 7. The number of esters is 1. The number of nitrogens with zero attached hydrogens (tertiary/aromatic N) is 1. The zero-order chi connectivity index (χ0) is 23.3. The van der Waals surface area contributed by atoms with Crippen molar-refractivity contribution in [1.82, 2.24) is 5.32 Å². The number of halogens is 1. The molecular weight excluding hydrogens is 480 g/mol. The van der Waals surface area contributed by atoms with E-state index in [9.17, 15) is 19.2 Å². The fraction of sp³-hybridized carbons (Fsp3) is 0.217. The van der Waals surface area contributed by atoms with Gasteiger partial charge in [-0.2, -0.15) is 0 Å². The molecule has 0 unspecified atom stereocenters. The Labute approximate surface area is 193 Å². The van der Waals surface area contributed by atoms with Gasteiger partial charge in [0.2, 0.25) is 0 Å². The summed E-state index contributed by atoms with van der Waals surface area (Å²) in [5.74, 6) is -1.60. The van der Waals surface area contributed by atoms with Crippen LogP contribution in [0.25, 0.3) is 6.08 Å². The Bertz CT molecular complexity index is 1090. The van der Waals surface area contributed by atoms with E-state index in [0.717, 1.165) is 16.9 Å². The van der Waals surface area contributed by atoms with Crippen LogP contribution >= 0.6 is 15.9 Å². The Morgan fingerprint density at radius 3 is 2.44 bits per heavy atom. The number of hydrogen-bond donors (Lipinski definition) is 1. The summed E-state index contributed by atoms with van der Waals surface area (Å²) in [5, 5.41) is 2.20. The highest BCUT2D eigenvalue weighted by Gasteiger charge is 2.36. The predicted molar refractivity (Wildman–Crippen MR) is 121 cm³/mol. The second-order valence-electron chi connectivity index (χ2n) is 6.76. The zero-order valence-electron chi connectivity index (χ0n) is 17.5. The normalized spacial score (nSPS) is 15.0. The van der Waals surface area contributed by atoms with Gasteiger partial charge in [-0.05, 0) is 70.7 Å². The number of hydrogen-bond acceptors (Lipinski definition) is 6. The van der Waals surface area contributed by atoms with Crippen molar-refractivity contribution in [3.05, 3.63) is 63.6 Å². The lowest BCUT2D eigenvalue weighted by Gasteiger charge is -2.26. The topological polar surface area (TPSA) is 102 Å². The average Bonchev–Trinajstić information content (AvgIpc) is 2.76. The quantitative estimate of drug-likeness (QED) is 0.353. The van der Waals surface area contributed by atoms with Gasteiger partial charge in [0.25, 0.3) is 11.8 Å². The zero-order valence-corrected chi connectivity index (χ0v) is 19.1. The summed E-state index contributed by atoms with van der Waals surface area (Å²) in [6.45, 7) is 3.71. The molecule has 8 nitrogen and oxygen atoms in total. The third-order valence-corrected chi connectivity index (χ3v) is 5.24. The smallest absolute Gasteiger partial charge is 0.344 e. The third kappa shape index (κ3) is 5.23. The Morgan fingerprint density at radius 2 is 1.81 bits per heavy atom.